The lowest BCUT2D eigenvalue weighted by atomic mass is 9.93. The monoisotopic (exact) mass is 243 g/mol. The molecule has 2 N–H and O–H groups in total. The molecule has 2 rings (SSSR count). The van der Waals surface area contributed by atoms with Gasteiger partial charge in [0.1, 0.15) is 6.61 Å². The lowest BCUT2D eigenvalue weighted by Gasteiger charge is -2.28. The first-order valence-electron chi connectivity index (χ1n) is 5.11. The average molecular weight is 243 g/mol. The zero-order chi connectivity index (χ0) is 11.5. The maximum absolute atomic E-state index is 10.5. The summed E-state index contributed by atoms with van der Waals surface area (Å²) in [5.41, 5.74) is 0. The van der Waals surface area contributed by atoms with Crippen LogP contribution in [0.2, 0.25) is 0 Å². The fourth-order valence-corrected chi connectivity index (χ4v) is 2.40. The summed E-state index contributed by atoms with van der Waals surface area (Å²) >= 11 is 1.15. The molecule has 0 bridgehead atoms. The van der Waals surface area contributed by atoms with E-state index in [1.165, 1.54) is 0 Å². The summed E-state index contributed by atoms with van der Waals surface area (Å²) in [5.74, 6) is -0.382. The quantitative estimate of drug-likeness (QED) is 0.739. The van der Waals surface area contributed by atoms with Crippen LogP contribution in [0, 0.1) is 0 Å². The number of hydrogen-bond acceptors (Lipinski definition) is 5. The standard InChI is InChI=1S/C9H13N3O3S/c13-4-7-10-11-9(16-5-8(14)15)12(7)6-2-1-3-6/h6,13H,1-5H2,(H,14,15). The Morgan fingerprint density at radius 2 is 2.25 bits per heavy atom. The first kappa shape index (κ1) is 11.4. The van der Waals surface area contributed by atoms with Crippen LogP contribution in [0.5, 0.6) is 0 Å². The summed E-state index contributed by atoms with van der Waals surface area (Å²) < 4.78 is 1.87. The fourth-order valence-electron chi connectivity index (χ4n) is 1.65. The third-order valence-corrected chi connectivity index (χ3v) is 3.57. The van der Waals surface area contributed by atoms with Gasteiger partial charge in [-0.25, -0.2) is 0 Å². The molecule has 0 aliphatic heterocycles. The van der Waals surface area contributed by atoms with E-state index in [1.807, 2.05) is 4.57 Å². The van der Waals surface area contributed by atoms with Gasteiger partial charge < -0.3 is 14.8 Å². The van der Waals surface area contributed by atoms with Crippen LogP contribution >= 0.6 is 11.8 Å². The van der Waals surface area contributed by atoms with Crippen molar-refractivity contribution in [2.75, 3.05) is 5.75 Å². The Bertz CT molecular complexity index is 389. The zero-order valence-corrected chi connectivity index (χ0v) is 9.48. The zero-order valence-electron chi connectivity index (χ0n) is 8.67. The van der Waals surface area contributed by atoms with Crippen LogP contribution in [0.4, 0.5) is 0 Å². The SMILES string of the molecule is O=C(O)CSc1nnc(CO)n1C1CCC1. The van der Waals surface area contributed by atoms with Crippen molar-refractivity contribution in [3.8, 4) is 0 Å². The molecule has 16 heavy (non-hydrogen) atoms. The summed E-state index contributed by atoms with van der Waals surface area (Å²) in [5, 5.41) is 26.1. The van der Waals surface area contributed by atoms with Crippen molar-refractivity contribution in [1.29, 1.82) is 0 Å². The van der Waals surface area contributed by atoms with Crippen LogP contribution in [0.15, 0.2) is 5.16 Å². The molecule has 7 heteroatoms. The van der Waals surface area contributed by atoms with Crippen molar-refractivity contribution in [1.82, 2.24) is 14.8 Å². The smallest absolute Gasteiger partial charge is 0.313 e. The molecule has 0 radical (unpaired) electrons. The van der Waals surface area contributed by atoms with Gasteiger partial charge in [-0.1, -0.05) is 11.8 Å². The highest BCUT2D eigenvalue weighted by molar-refractivity contribution is 7.99. The molecule has 88 valence electrons. The van der Waals surface area contributed by atoms with Crippen LogP contribution in [-0.4, -0.2) is 36.7 Å². The summed E-state index contributed by atoms with van der Waals surface area (Å²) in [7, 11) is 0. The van der Waals surface area contributed by atoms with E-state index >= 15 is 0 Å². The molecule has 0 atom stereocenters. The minimum absolute atomic E-state index is 0.0315. The van der Waals surface area contributed by atoms with E-state index in [0.717, 1.165) is 31.0 Å². The second-order valence-corrected chi connectivity index (χ2v) is 4.64. The fraction of sp³-hybridized carbons (Fsp3) is 0.667. The first-order valence-corrected chi connectivity index (χ1v) is 6.10. The number of thioether (sulfide) groups is 1. The molecule has 1 aromatic rings. The highest BCUT2D eigenvalue weighted by Gasteiger charge is 2.25. The Kier molecular flexibility index (Phi) is 3.45. The van der Waals surface area contributed by atoms with E-state index in [1.54, 1.807) is 0 Å². The third kappa shape index (κ3) is 2.19. The largest absolute Gasteiger partial charge is 0.481 e. The number of nitrogens with zero attached hydrogens (tertiary/aromatic N) is 3. The van der Waals surface area contributed by atoms with Crippen LogP contribution in [0.1, 0.15) is 31.1 Å². The van der Waals surface area contributed by atoms with E-state index < -0.39 is 5.97 Å². The Hall–Kier alpha value is -1.08. The minimum Gasteiger partial charge on any atom is -0.481 e. The molecule has 0 spiro atoms. The van der Waals surface area contributed by atoms with Gasteiger partial charge in [0.25, 0.3) is 0 Å². The molecule has 1 heterocycles. The van der Waals surface area contributed by atoms with Gasteiger partial charge in [0.05, 0.1) is 5.75 Å². The minimum atomic E-state index is -0.876. The van der Waals surface area contributed by atoms with Crippen molar-refractivity contribution in [3.63, 3.8) is 0 Å². The number of carboxylic acid groups (broad SMARTS) is 1. The van der Waals surface area contributed by atoms with Crippen LogP contribution in [0.3, 0.4) is 0 Å². The van der Waals surface area contributed by atoms with Gasteiger partial charge in [-0.15, -0.1) is 10.2 Å². The molecular weight excluding hydrogens is 230 g/mol. The Morgan fingerprint density at radius 1 is 1.50 bits per heavy atom. The number of aliphatic hydroxyl groups is 1. The highest BCUT2D eigenvalue weighted by Crippen LogP contribution is 2.35. The molecule has 1 aliphatic carbocycles. The molecule has 6 nitrogen and oxygen atoms in total. The second-order valence-electron chi connectivity index (χ2n) is 3.69. The van der Waals surface area contributed by atoms with Crippen LogP contribution in [-0.2, 0) is 11.4 Å². The van der Waals surface area contributed by atoms with Gasteiger partial charge in [0.2, 0.25) is 0 Å². The number of carbonyl (C=O) groups is 1. The lowest BCUT2D eigenvalue weighted by Crippen LogP contribution is -2.20. The second kappa shape index (κ2) is 4.84. The Morgan fingerprint density at radius 3 is 2.75 bits per heavy atom. The maximum Gasteiger partial charge on any atom is 0.313 e. The normalized spacial score (nSPS) is 16.1. The predicted octanol–water partition coefficient (Wildman–Crippen LogP) is 0.672. The summed E-state index contributed by atoms with van der Waals surface area (Å²) in [6.45, 7) is -0.156. The predicted molar refractivity (Wildman–Crippen MR) is 57.2 cm³/mol. The third-order valence-electron chi connectivity index (χ3n) is 2.64. The molecule has 0 saturated heterocycles. The van der Waals surface area contributed by atoms with Gasteiger partial charge in [-0.2, -0.15) is 0 Å². The van der Waals surface area contributed by atoms with E-state index in [9.17, 15) is 4.79 Å². The Balaban J connectivity index is 2.16. The molecule has 1 aromatic heterocycles. The van der Waals surface area contributed by atoms with Crippen LogP contribution in [0.25, 0.3) is 0 Å². The van der Waals surface area contributed by atoms with Gasteiger partial charge >= 0.3 is 5.97 Å². The number of rotatable bonds is 5. The highest BCUT2D eigenvalue weighted by atomic mass is 32.2. The van der Waals surface area contributed by atoms with Gasteiger partial charge in [-0.3, -0.25) is 4.79 Å². The molecular formula is C9H13N3O3S. The van der Waals surface area contributed by atoms with E-state index in [-0.39, 0.29) is 12.4 Å². The van der Waals surface area contributed by atoms with Gasteiger partial charge in [-0.05, 0) is 19.3 Å². The van der Waals surface area contributed by atoms with Gasteiger partial charge in [0, 0.05) is 6.04 Å². The van der Waals surface area contributed by atoms with E-state index in [0.29, 0.717) is 17.0 Å². The molecule has 1 saturated carbocycles. The number of aromatic nitrogens is 3. The molecule has 1 aliphatic rings. The summed E-state index contributed by atoms with van der Waals surface area (Å²) in [6.07, 6.45) is 3.26. The van der Waals surface area contributed by atoms with Crippen molar-refractivity contribution in [3.05, 3.63) is 5.82 Å². The maximum atomic E-state index is 10.5. The number of aliphatic carboxylic acids is 1. The average Bonchev–Trinajstić information content (AvgIpc) is 2.55. The van der Waals surface area contributed by atoms with Gasteiger partial charge in [0.15, 0.2) is 11.0 Å². The van der Waals surface area contributed by atoms with Crippen molar-refractivity contribution < 1.29 is 15.0 Å². The van der Waals surface area contributed by atoms with E-state index in [2.05, 4.69) is 10.2 Å². The van der Waals surface area contributed by atoms with Crippen molar-refractivity contribution in [2.24, 2.45) is 0 Å². The molecule has 0 amide bonds. The molecule has 1 fully saturated rings. The molecule has 0 aromatic carbocycles. The van der Waals surface area contributed by atoms with Crippen molar-refractivity contribution >= 4 is 17.7 Å². The Labute approximate surface area is 96.7 Å². The topological polar surface area (TPSA) is 88.2 Å². The van der Waals surface area contributed by atoms with Crippen molar-refractivity contribution in [2.45, 2.75) is 37.1 Å². The number of hydrogen-bond donors (Lipinski definition) is 2. The lowest BCUT2D eigenvalue weighted by molar-refractivity contribution is -0.133. The summed E-state index contributed by atoms with van der Waals surface area (Å²) in [4.78, 5) is 10.5. The number of carboxylic acids is 1. The van der Waals surface area contributed by atoms with E-state index in [4.69, 9.17) is 10.2 Å². The first-order chi connectivity index (χ1) is 7.72. The molecule has 0 unspecified atom stereocenters. The number of aliphatic hydroxyl groups excluding tert-OH is 1. The van der Waals surface area contributed by atoms with Crippen LogP contribution < -0.4 is 0 Å². The summed E-state index contributed by atoms with van der Waals surface area (Å²) in [6, 6.07) is 0.327.